The van der Waals surface area contributed by atoms with E-state index in [1.807, 2.05) is 0 Å². The molecule has 0 amide bonds. The molecule has 0 saturated carbocycles. The summed E-state index contributed by atoms with van der Waals surface area (Å²) in [6.45, 7) is -2.85. The van der Waals surface area contributed by atoms with Gasteiger partial charge in [0.2, 0.25) is 0 Å². The minimum absolute atomic E-state index is 0.00954. The molecule has 6 nitrogen and oxygen atoms in total. The van der Waals surface area contributed by atoms with Crippen LogP contribution in [0.2, 0.25) is 0 Å². The van der Waals surface area contributed by atoms with Crippen molar-refractivity contribution in [2.75, 3.05) is 0 Å². The Hall–Kier alpha value is -2.90. The summed E-state index contributed by atoms with van der Waals surface area (Å²) in [5.74, 6) is -0.289. The average molecular weight is 308 g/mol. The maximum absolute atomic E-state index is 12.2. The molecule has 0 fully saturated rings. The van der Waals surface area contributed by atoms with Gasteiger partial charge in [-0.15, -0.1) is 5.10 Å². The second kappa shape index (κ2) is 5.84. The molecule has 0 N–H and O–H groups in total. The van der Waals surface area contributed by atoms with E-state index in [4.69, 9.17) is 8.83 Å². The van der Waals surface area contributed by atoms with Crippen molar-refractivity contribution in [3.8, 4) is 17.4 Å². The fourth-order valence-electron chi connectivity index (χ4n) is 1.90. The number of halogens is 2. The topological polar surface area (TPSA) is 70.4 Å². The molecule has 0 unspecified atom stereocenters. The van der Waals surface area contributed by atoms with E-state index in [2.05, 4.69) is 9.84 Å². The van der Waals surface area contributed by atoms with Crippen molar-refractivity contribution in [3.63, 3.8) is 0 Å². The van der Waals surface area contributed by atoms with Gasteiger partial charge in [-0.2, -0.15) is 13.5 Å². The first kappa shape index (κ1) is 14.1. The number of hydrogen-bond acceptors (Lipinski definition) is 5. The monoisotopic (exact) mass is 308 g/mol. The van der Waals surface area contributed by atoms with Crippen LogP contribution < -0.4 is 10.5 Å². The zero-order valence-electron chi connectivity index (χ0n) is 11.1. The lowest BCUT2D eigenvalue weighted by molar-refractivity contribution is -0.0498. The number of benzene rings is 1. The molecule has 8 heteroatoms. The summed E-state index contributed by atoms with van der Waals surface area (Å²) in [6, 6.07) is 9.25. The number of hydrogen-bond donors (Lipinski definition) is 0. The van der Waals surface area contributed by atoms with Gasteiger partial charge in [0.15, 0.2) is 5.76 Å². The van der Waals surface area contributed by atoms with E-state index in [1.165, 1.54) is 18.4 Å². The molecule has 22 heavy (non-hydrogen) atoms. The summed E-state index contributed by atoms with van der Waals surface area (Å²) in [5.41, 5.74) is 0.569. The van der Waals surface area contributed by atoms with Crippen LogP contribution >= 0.6 is 0 Å². The second-order valence-corrected chi connectivity index (χ2v) is 4.33. The van der Waals surface area contributed by atoms with Crippen LogP contribution in [0.4, 0.5) is 8.78 Å². The fraction of sp³-hybridized carbons (Fsp3) is 0.143. The molecule has 2 heterocycles. The van der Waals surface area contributed by atoms with Gasteiger partial charge in [-0.3, -0.25) is 0 Å². The smallest absolute Gasteiger partial charge is 0.437 e. The summed E-state index contributed by atoms with van der Waals surface area (Å²) in [5, 5.41) is 3.99. The van der Waals surface area contributed by atoms with Gasteiger partial charge in [0.25, 0.3) is 5.89 Å². The van der Waals surface area contributed by atoms with Gasteiger partial charge in [0.05, 0.1) is 12.8 Å². The highest BCUT2D eigenvalue weighted by atomic mass is 19.3. The van der Waals surface area contributed by atoms with E-state index in [1.54, 1.807) is 24.3 Å². The molecule has 3 aromatic rings. The summed E-state index contributed by atoms with van der Waals surface area (Å²) in [4.78, 5) is 11.7. The highest BCUT2D eigenvalue weighted by Gasteiger charge is 2.13. The third-order valence-electron chi connectivity index (χ3n) is 2.79. The number of nitrogens with zero attached hydrogens (tertiary/aromatic N) is 2. The minimum Gasteiger partial charge on any atom is -0.459 e. The lowest BCUT2D eigenvalue weighted by Crippen LogP contribution is -2.16. The second-order valence-electron chi connectivity index (χ2n) is 4.33. The molecule has 1 aromatic carbocycles. The Morgan fingerprint density at radius 3 is 2.86 bits per heavy atom. The highest BCUT2D eigenvalue weighted by Crippen LogP contribution is 2.18. The quantitative estimate of drug-likeness (QED) is 0.725. The molecule has 0 atom stereocenters. The fourth-order valence-corrected chi connectivity index (χ4v) is 1.90. The van der Waals surface area contributed by atoms with E-state index >= 15 is 0 Å². The first-order chi connectivity index (χ1) is 10.6. The Morgan fingerprint density at radius 1 is 1.27 bits per heavy atom. The van der Waals surface area contributed by atoms with Crippen molar-refractivity contribution in [2.45, 2.75) is 13.2 Å². The van der Waals surface area contributed by atoms with Crippen molar-refractivity contribution in [1.29, 1.82) is 0 Å². The molecular weight excluding hydrogens is 298 g/mol. The van der Waals surface area contributed by atoms with E-state index < -0.39 is 12.4 Å². The summed E-state index contributed by atoms with van der Waals surface area (Å²) in [7, 11) is 0. The van der Waals surface area contributed by atoms with Crippen molar-refractivity contribution >= 4 is 0 Å². The molecule has 0 aliphatic heterocycles. The average Bonchev–Trinajstić information content (AvgIpc) is 3.09. The molecule has 0 spiro atoms. The van der Waals surface area contributed by atoms with Crippen molar-refractivity contribution < 1.29 is 22.4 Å². The molecule has 2 aromatic heterocycles. The van der Waals surface area contributed by atoms with Gasteiger partial charge < -0.3 is 13.6 Å². The van der Waals surface area contributed by atoms with Gasteiger partial charge in [-0.25, -0.2) is 4.79 Å². The van der Waals surface area contributed by atoms with Crippen LogP contribution in [0.1, 0.15) is 5.56 Å². The Balaban J connectivity index is 1.83. The highest BCUT2D eigenvalue weighted by molar-refractivity contribution is 5.42. The zero-order valence-corrected chi connectivity index (χ0v) is 11.1. The largest absolute Gasteiger partial charge is 0.459 e. The summed E-state index contributed by atoms with van der Waals surface area (Å²) >= 11 is 0. The van der Waals surface area contributed by atoms with Gasteiger partial charge in [0, 0.05) is 0 Å². The van der Waals surface area contributed by atoms with Crippen LogP contribution in [-0.2, 0) is 6.54 Å². The SMILES string of the molecule is O=c1oc(-c2ccco2)nn1Cc1cccc(OC(F)F)c1. The van der Waals surface area contributed by atoms with Gasteiger partial charge in [0.1, 0.15) is 5.75 Å². The Morgan fingerprint density at radius 2 is 2.14 bits per heavy atom. The number of furan rings is 1. The Kier molecular flexibility index (Phi) is 3.73. The van der Waals surface area contributed by atoms with Crippen molar-refractivity contribution in [2.24, 2.45) is 0 Å². The van der Waals surface area contributed by atoms with Crippen LogP contribution in [-0.4, -0.2) is 16.4 Å². The van der Waals surface area contributed by atoms with Gasteiger partial charge >= 0.3 is 12.4 Å². The maximum Gasteiger partial charge on any atom is 0.437 e. The molecule has 3 rings (SSSR count). The Labute approximate surface area is 122 Å². The number of alkyl halides is 2. The minimum atomic E-state index is -2.91. The molecule has 0 aliphatic rings. The molecular formula is C14H10F2N2O4. The summed E-state index contributed by atoms with van der Waals surface area (Å²) in [6.07, 6.45) is 1.43. The third kappa shape index (κ3) is 3.05. The predicted octanol–water partition coefficient (Wildman–Crippen LogP) is 2.75. The van der Waals surface area contributed by atoms with Crippen LogP contribution in [0.5, 0.6) is 5.75 Å². The lowest BCUT2D eigenvalue weighted by Gasteiger charge is -2.06. The lowest BCUT2D eigenvalue weighted by atomic mass is 10.2. The van der Waals surface area contributed by atoms with Crippen LogP contribution in [0.3, 0.4) is 0 Å². The third-order valence-corrected chi connectivity index (χ3v) is 2.79. The zero-order chi connectivity index (χ0) is 15.5. The van der Waals surface area contributed by atoms with Gasteiger partial charge in [-0.05, 0) is 29.8 Å². The molecule has 0 saturated heterocycles. The standard InChI is InChI=1S/C14H10F2N2O4/c15-13(16)21-10-4-1-3-9(7-10)8-18-14(19)22-12(17-18)11-5-2-6-20-11/h1-7,13H,8H2. The van der Waals surface area contributed by atoms with Crippen LogP contribution in [0.25, 0.3) is 11.7 Å². The van der Waals surface area contributed by atoms with Crippen LogP contribution in [0.15, 0.2) is 56.3 Å². The maximum atomic E-state index is 12.2. The van der Waals surface area contributed by atoms with E-state index in [0.717, 1.165) is 4.68 Å². The van der Waals surface area contributed by atoms with E-state index in [0.29, 0.717) is 11.3 Å². The molecule has 114 valence electrons. The van der Waals surface area contributed by atoms with Crippen molar-refractivity contribution in [3.05, 3.63) is 58.8 Å². The molecule has 0 radical (unpaired) electrons. The first-order valence-electron chi connectivity index (χ1n) is 6.27. The van der Waals surface area contributed by atoms with Gasteiger partial charge in [-0.1, -0.05) is 12.1 Å². The van der Waals surface area contributed by atoms with Crippen LogP contribution in [0, 0.1) is 0 Å². The normalized spacial score (nSPS) is 11.0. The number of ether oxygens (including phenoxy) is 1. The Bertz CT molecular complexity index is 808. The van der Waals surface area contributed by atoms with Crippen molar-refractivity contribution in [1.82, 2.24) is 9.78 Å². The number of aromatic nitrogens is 2. The summed E-state index contributed by atoms with van der Waals surface area (Å²) < 4.78 is 39.8. The van der Waals surface area contributed by atoms with E-state index in [9.17, 15) is 13.6 Å². The predicted molar refractivity (Wildman–Crippen MR) is 70.6 cm³/mol. The number of rotatable bonds is 5. The first-order valence-corrected chi connectivity index (χ1v) is 6.27. The molecule has 0 aliphatic carbocycles. The van der Waals surface area contributed by atoms with E-state index in [-0.39, 0.29) is 18.2 Å². The molecule has 0 bridgehead atoms.